The summed E-state index contributed by atoms with van der Waals surface area (Å²) >= 11 is 0. The molecule has 2 aromatic heterocycles. The molecule has 0 spiro atoms. The minimum atomic E-state index is -6.21. The van der Waals surface area contributed by atoms with Crippen LogP contribution in [0.4, 0.5) is 30.7 Å². The summed E-state index contributed by atoms with van der Waals surface area (Å²) in [4.78, 5) is 16.7. The van der Waals surface area contributed by atoms with Crippen molar-refractivity contribution in [3.05, 3.63) is 58.5 Å². The normalized spacial score (nSPS) is 14.7. The molecule has 0 unspecified atom stereocenters. The van der Waals surface area contributed by atoms with Crippen LogP contribution in [-0.2, 0) is 5.67 Å². The zero-order valence-corrected chi connectivity index (χ0v) is 19.2. The third kappa shape index (κ3) is 4.42. The number of benzene rings is 1. The third-order valence-electron chi connectivity index (χ3n) is 5.93. The summed E-state index contributed by atoms with van der Waals surface area (Å²) in [6, 6.07) is 2.70. The highest BCUT2D eigenvalue weighted by Crippen LogP contribution is 2.53. The minimum Gasteiger partial charge on any atom is -0.349 e. The number of halogens is 7. The number of hydrogen-bond donors (Lipinski definition) is 1. The van der Waals surface area contributed by atoms with Gasteiger partial charge in [-0.15, -0.1) is 5.10 Å². The Bertz CT molecular complexity index is 1290. The quantitative estimate of drug-likeness (QED) is 0.460. The van der Waals surface area contributed by atoms with Gasteiger partial charge in [-0.05, 0) is 50.8 Å². The average molecular weight is 515 g/mol. The predicted octanol–water partition coefficient (Wildman–Crippen LogP) is 5.44. The van der Waals surface area contributed by atoms with Gasteiger partial charge >= 0.3 is 18.0 Å². The minimum absolute atomic E-state index is 0.0801. The first-order chi connectivity index (χ1) is 16.6. The number of alkyl halides is 7. The Kier molecular flexibility index (Phi) is 6.08. The number of hydrogen-bond acceptors (Lipinski definition) is 4. The Morgan fingerprint density at radius 3 is 2.08 bits per heavy atom. The molecule has 4 rings (SSSR count). The Balaban J connectivity index is 1.71. The lowest BCUT2D eigenvalue weighted by molar-refractivity contribution is -0.348. The number of carbonyl (C=O) groups is 1. The standard InChI is InChI=1S/C23H20F7N5O/c1-11-6-15(21(24,22(25,26)27)23(28,29)30)7-12(2)19(11)35-10-18(33-34-35)14-8-17(13(3)31-9-14)20(36)32-16-4-5-16/h6-10,16H,4-5H2,1-3H3,(H,32,36). The number of nitrogens with one attached hydrogen (secondary N) is 1. The van der Waals surface area contributed by atoms with Gasteiger partial charge in [0.05, 0.1) is 23.1 Å². The highest BCUT2D eigenvalue weighted by molar-refractivity contribution is 5.96. The van der Waals surface area contributed by atoms with Crippen LogP contribution in [0, 0.1) is 20.8 Å². The van der Waals surface area contributed by atoms with Crippen LogP contribution in [0.2, 0.25) is 0 Å². The molecule has 13 heteroatoms. The molecule has 0 atom stereocenters. The molecule has 1 amide bonds. The van der Waals surface area contributed by atoms with E-state index >= 15 is 0 Å². The van der Waals surface area contributed by atoms with Crippen molar-refractivity contribution in [3.8, 4) is 16.9 Å². The molecule has 36 heavy (non-hydrogen) atoms. The predicted molar refractivity (Wildman–Crippen MR) is 114 cm³/mol. The molecule has 1 aliphatic carbocycles. The number of aryl methyl sites for hydroxylation is 3. The summed E-state index contributed by atoms with van der Waals surface area (Å²) < 4.78 is 94.9. The molecule has 1 fully saturated rings. The van der Waals surface area contributed by atoms with Gasteiger partial charge in [0.2, 0.25) is 0 Å². The maximum Gasteiger partial charge on any atom is 0.435 e. The van der Waals surface area contributed by atoms with Crippen molar-refractivity contribution in [3.63, 3.8) is 0 Å². The summed E-state index contributed by atoms with van der Waals surface area (Å²) in [5, 5.41) is 10.8. The molecule has 3 aromatic rings. The third-order valence-corrected chi connectivity index (χ3v) is 5.93. The first kappa shape index (κ1) is 25.6. The number of rotatable bonds is 5. The zero-order chi connectivity index (χ0) is 26.6. The first-order valence-electron chi connectivity index (χ1n) is 10.8. The van der Waals surface area contributed by atoms with Crippen molar-refractivity contribution in [2.75, 3.05) is 0 Å². The van der Waals surface area contributed by atoms with Crippen molar-refractivity contribution in [1.29, 1.82) is 0 Å². The largest absolute Gasteiger partial charge is 0.435 e. The van der Waals surface area contributed by atoms with E-state index in [1.165, 1.54) is 26.2 Å². The van der Waals surface area contributed by atoms with E-state index in [1.807, 2.05) is 0 Å². The van der Waals surface area contributed by atoms with Crippen LogP contribution in [0.1, 0.15) is 45.6 Å². The molecular weight excluding hydrogens is 495 g/mol. The summed E-state index contributed by atoms with van der Waals surface area (Å²) in [5.41, 5.74) is -5.61. The van der Waals surface area contributed by atoms with Crippen molar-refractivity contribution in [2.24, 2.45) is 0 Å². The molecule has 0 bridgehead atoms. The Hall–Kier alpha value is -3.51. The Labute approximate surface area is 200 Å². The zero-order valence-electron chi connectivity index (χ0n) is 19.2. The van der Waals surface area contributed by atoms with Gasteiger partial charge < -0.3 is 5.32 Å². The van der Waals surface area contributed by atoms with Gasteiger partial charge in [-0.1, -0.05) is 17.3 Å². The fourth-order valence-corrected chi connectivity index (χ4v) is 3.90. The highest BCUT2D eigenvalue weighted by Gasteiger charge is 2.73. The number of carbonyl (C=O) groups excluding carboxylic acids is 1. The lowest BCUT2D eigenvalue weighted by atomic mass is 9.90. The maximum atomic E-state index is 14.6. The summed E-state index contributed by atoms with van der Waals surface area (Å²) in [7, 11) is 0. The van der Waals surface area contributed by atoms with Crippen LogP contribution < -0.4 is 5.32 Å². The van der Waals surface area contributed by atoms with Crippen LogP contribution in [0.3, 0.4) is 0 Å². The lowest BCUT2D eigenvalue weighted by Gasteiger charge is -2.31. The molecule has 0 radical (unpaired) electrons. The number of aromatic nitrogens is 4. The highest BCUT2D eigenvalue weighted by atomic mass is 19.4. The van der Waals surface area contributed by atoms with Crippen LogP contribution in [0.25, 0.3) is 16.9 Å². The van der Waals surface area contributed by atoms with Crippen LogP contribution >= 0.6 is 0 Å². The molecule has 192 valence electrons. The molecule has 1 N–H and O–H groups in total. The van der Waals surface area contributed by atoms with Crippen LogP contribution in [0.15, 0.2) is 30.6 Å². The molecule has 1 aliphatic rings. The van der Waals surface area contributed by atoms with Crippen LogP contribution in [0.5, 0.6) is 0 Å². The topological polar surface area (TPSA) is 72.7 Å². The fourth-order valence-electron chi connectivity index (χ4n) is 3.90. The molecule has 1 aromatic carbocycles. The number of amides is 1. The fraction of sp³-hybridized carbons (Fsp3) is 0.391. The molecule has 2 heterocycles. The summed E-state index contributed by atoms with van der Waals surface area (Å²) in [6.45, 7) is 4.16. The van der Waals surface area contributed by atoms with E-state index in [2.05, 4.69) is 20.6 Å². The van der Waals surface area contributed by atoms with Crippen molar-refractivity contribution in [2.45, 2.75) is 57.7 Å². The Morgan fingerprint density at radius 1 is 0.972 bits per heavy atom. The molecular formula is C23H20F7N5O. The van der Waals surface area contributed by atoms with E-state index in [4.69, 9.17) is 0 Å². The monoisotopic (exact) mass is 515 g/mol. The van der Waals surface area contributed by atoms with Gasteiger partial charge in [0.25, 0.3) is 5.91 Å². The van der Waals surface area contributed by atoms with Gasteiger partial charge in [-0.25, -0.2) is 9.07 Å². The first-order valence-corrected chi connectivity index (χ1v) is 10.8. The second-order valence-corrected chi connectivity index (χ2v) is 8.77. The van der Waals surface area contributed by atoms with E-state index < -0.39 is 23.6 Å². The SMILES string of the molecule is Cc1cc(C(F)(C(F)(F)F)C(F)(F)F)cc(C)c1-n1cc(-c2cnc(C)c(C(=O)NC3CC3)c2)nn1. The molecule has 0 aliphatic heterocycles. The van der Waals surface area contributed by atoms with Gasteiger partial charge in [0, 0.05) is 23.4 Å². The summed E-state index contributed by atoms with van der Waals surface area (Å²) in [5.74, 6) is -0.289. The number of nitrogens with zero attached hydrogens (tertiary/aromatic N) is 4. The average Bonchev–Trinajstić information content (AvgIpc) is 3.44. The van der Waals surface area contributed by atoms with E-state index in [0.29, 0.717) is 29.0 Å². The second kappa shape index (κ2) is 8.56. The van der Waals surface area contributed by atoms with Gasteiger partial charge in [0.1, 0.15) is 5.69 Å². The van der Waals surface area contributed by atoms with E-state index in [1.54, 1.807) is 13.0 Å². The van der Waals surface area contributed by atoms with E-state index in [-0.39, 0.29) is 34.5 Å². The van der Waals surface area contributed by atoms with Crippen LogP contribution in [-0.4, -0.2) is 44.3 Å². The second-order valence-electron chi connectivity index (χ2n) is 8.77. The molecule has 6 nitrogen and oxygen atoms in total. The maximum absolute atomic E-state index is 14.6. The van der Waals surface area contributed by atoms with Gasteiger partial charge in [0.15, 0.2) is 0 Å². The molecule has 0 saturated heterocycles. The number of pyridine rings is 1. The van der Waals surface area contributed by atoms with Crippen molar-refractivity contribution >= 4 is 5.91 Å². The van der Waals surface area contributed by atoms with Crippen molar-refractivity contribution in [1.82, 2.24) is 25.3 Å². The van der Waals surface area contributed by atoms with E-state index in [0.717, 1.165) is 17.5 Å². The Morgan fingerprint density at radius 2 is 1.56 bits per heavy atom. The van der Waals surface area contributed by atoms with Gasteiger partial charge in [-0.2, -0.15) is 26.3 Å². The molecule has 1 saturated carbocycles. The lowest BCUT2D eigenvalue weighted by Crippen LogP contribution is -2.50. The van der Waals surface area contributed by atoms with Gasteiger partial charge in [-0.3, -0.25) is 9.78 Å². The smallest absolute Gasteiger partial charge is 0.349 e. The van der Waals surface area contributed by atoms with Crippen molar-refractivity contribution < 1.29 is 35.5 Å². The van der Waals surface area contributed by atoms with E-state index in [9.17, 15) is 35.5 Å². The summed E-state index contributed by atoms with van der Waals surface area (Å²) in [6.07, 6.45) is -7.77.